The Bertz CT molecular complexity index is 1010. The Morgan fingerprint density at radius 1 is 0.974 bits per heavy atom. The number of ether oxygens (including phenoxy) is 1. The van der Waals surface area contributed by atoms with E-state index in [1.54, 1.807) is 0 Å². The van der Waals surface area contributed by atoms with Crippen LogP contribution in [0.1, 0.15) is 62.5 Å². The number of fused-ring (bicyclic) bond motifs is 1. The third-order valence-corrected chi connectivity index (χ3v) is 9.23. The van der Waals surface area contributed by atoms with Gasteiger partial charge in [0, 0.05) is 51.5 Å². The maximum atomic E-state index is 13.2. The summed E-state index contributed by atoms with van der Waals surface area (Å²) in [7, 11) is 2.19. The van der Waals surface area contributed by atoms with Gasteiger partial charge in [-0.3, -0.25) is 14.7 Å². The van der Waals surface area contributed by atoms with Gasteiger partial charge in [-0.1, -0.05) is 24.6 Å². The molecule has 4 heterocycles. The highest BCUT2D eigenvalue weighted by atomic mass is 16.5. The predicted octanol–water partition coefficient (Wildman–Crippen LogP) is 5.03. The van der Waals surface area contributed by atoms with Crippen molar-refractivity contribution < 1.29 is 9.53 Å². The fraction of sp³-hybridized carbons (Fsp3) is 0.625. The minimum atomic E-state index is 0.260. The van der Waals surface area contributed by atoms with E-state index in [0.717, 1.165) is 90.1 Å². The Kier molecular flexibility index (Phi) is 9.34. The molecule has 1 amide bonds. The van der Waals surface area contributed by atoms with Crippen LogP contribution in [-0.2, 0) is 17.8 Å². The number of para-hydroxylation sites is 1. The van der Waals surface area contributed by atoms with Crippen LogP contribution in [0.15, 0.2) is 48.8 Å². The van der Waals surface area contributed by atoms with Gasteiger partial charge < -0.3 is 14.5 Å². The minimum Gasteiger partial charge on any atom is -0.492 e. The van der Waals surface area contributed by atoms with Gasteiger partial charge in [-0.15, -0.1) is 0 Å². The molecule has 2 aromatic rings. The number of carbonyl (C=O) groups excluding carboxylic acids is 1. The maximum Gasteiger partial charge on any atom is 0.222 e. The van der Waals surface area contributed by atoms with Crippen molar-refractivity contribution in [1.29, 1.82) is 0 Å². The Labute approximate surface area is 229 Å². The maximum absolute atomic E-state index is 13.2. The first-order chi connectivity index (χ1) is 18.6. The summed E-state index contributed by atoms with van der Waals surface area (Å²) in [4.78, 5) is 24.6. The Balaban J connectivity index is 1.25. The molecule has 5 rings (SSSR count). The number of nitrogens with zero attached hydrogens (tertiary/aromatic N) is 4. The van der Waals surface area contributed by atoms with Crippen LogP contribution in [0.4, 0.5) is 0 Å². The van der Waals surface area contributed by atoms with Crippen LogP contribution in [0.25, 0.3) is 0 Å². The van der Waals surface area contributed by atoms with Gasteiger partial charge in [0.1, 0.15) is 12.4 Å². The first-order valence-corrected chi connectivity index (χ1v) is 14.9. The summed E-state index contributed by atoms with van der Waals surface area (Å²) in [6.45, 7) is 7.65. The van der Waals surface area contributed by atoms with Crippen LogP contribution < -0.4 is 4.74 Å². The zero-order valence-corrected chi connectivity index (χ0v) is 23.3. The van der Waals surface area contributed by atoms with Crippen molar-refractivity contribution >= 4 is 5.91 Å². The lowest BCUT2D eigenvalue weighted by Gasteiger charge is -2.45. The molecule has 6 heteroatoms. The second kappa shape index (κ2) is 13.1. The second-order valence-corrected chi connectivity index (χ2v) is 12.1. The van der Waals surface area contributed by atoms with Crippen LogP contribution in [-0.4, -0.2) is 78.5 Å². The molecular formula is C32H46N4O2. The number of pyridine rings is 1. The van der Waals surface area contributed by atoms with Crippen molar-refractivity contribution in [3.05, 3.63) is 59.9 Å². The van der Waals surface area contributed by atoms with Gasteiger partial charge in [0.25, 0.3) is 0 Å². The molecule has 3 aliphatic rings. The Morgan fingerprint density at radius 2 is 1.74 bits per heavy atom. The zero-order valence-electron chi connectivity index (χ0n) is 23.3. The molecule has 1 aromatic heterocycles. The average molecular weight is 519 g/mol. The molecule has 206 valence electrons. The molecule has 1 spiro atoms. The van der Waals surface area contributed by atoms with E-state index < -0.39 is 0 Å². The van der Waals surface area contributed by atoms with Gasteiger partial charge in [0.2, 0.25) is 5.91 Å². The molecule has 1 aromatic carbocycles. The van der Waals surface area contributed by atoms with E-state index in [2.05, 4.69) is 63.1 Å². The highest BCUT2D eigenvalue weighted by Gasteiger charge is 2.37. The Hall–Kier alpha value is -2.44. The monoisotopic (exact) mass is 518 g/mol. The molecular weight excluding hydrogens is 472 g/mol. The summed E-state index contributed by atoms with van der Waals surface area (Å²) in [6.07, 6.45) is 13.8. The van der Waals surface area contributed by atoms with Crippen molar-refractivity contribution in [3.8, 4) is 5.75 Å². The first kappa shape index (κ1) is 27.1. The number of rotatable bonds is 4. The molecule has 38 heavy (non-hydrogen) atoms. The number of aryl methyl sites for hydroxylation is 1. The lowest BCUT2D eigenvalue weighted by Crippen LogP contribution is -2.49. The number of likely N-dealkylation sites (tertiary alicyclic amines) is 2. The lowest BCUT2D eigenvalue weighted by atomic mass is 9.73. The number of carbonyl (C=O) groups is 1. The molecule has 0 atom stereocenters. The van der Waals surface area contributed by atoms with Gasteiger partial charge in [-0.25, -0.2) is 0 Å². The fourth-order valence-corrected chi connectivity index (χ4v) is 6.75. The van der Waals surface area contributed by atoms with E-state index in [4.69, 9.17) is 4.74 Å². The third kappa shape index (κ3) is 7.35. The average Bonchev–Trinajstić information content (AvgIpc) is 2.93. The normalized spacial score (nSPS) is 22.2. The number of benzene rings is 1. The van der Waals surface area contributed by atoms with Gasteiger partial charge in [0.05, 0.1) is 0 Å². The van der Waals surface area contributed by atoms with Crippen molar-refractivity contribution in [1.82, 2.24) is 19.7 Å². The van der Waals surface area contributed by atoms with Gasteiger partial charge in [-0.05, 0) is 106 Å². The molecule has 0 N–H and O–H groups in total. The topological polar surface area (TPSA) is 48.9 Å². The summed E-state index contributed by atoms with van der Waals surface area (Å²) in [5.74, 6) is 2.00. The summed E-state index contributed by atoms with van der Waals surface area (Å²) in [6, 6.07) is 12.8. The third-order valence-electron chi connectivity index (χ3n) is 9.23. The number of amides is 1. The molecule has 0 radical (unpaired) electrons. The molecule has 2 saturated heterocycles. The van der Waals surface area contributed by atoms with Crippen LogP contribution in [0, 0.1) is 11.3 Å². The molecule has 0 aliphatic carbocycles. The largest absolute Gasteiger partial charge is 0.492 e. The van der Waals surface area contributed by atoms with E-state index in [9.17, 15) is 4.79 Å². The highest BCUT2D eigenvalue weighted by Crippen LogP contribution is 2.39. The van der Waals surface area contributed by atoms with Crippen molar-refractivity contribution in [2.75, 3.05) is 52.9 Å². The summed E-state index contributed by atoms with van der Waals surface area (Å²) in [5.41, 5.74) is 2.89. The van der Waals surface area contributed by atoms with E-state index in [-0.39, 0.29) is 5.41 Å². The minimum absolute atomic E-state index is 0.260. The fourth-order valence-electron chi connectivity index (χ4n) is 6.75. The first-order valence-electron chi connectivity index (χ1n) is 14.9. The molecule has 3 aliphatic heterocycles. The van der Waals surface area contributed by atoms with E-state index in [0.29, 0.717) is 18.4 Å². The lowest BCUT2D eigenvalue weighted by molar-refractivity contribution is -0.135. The van der Waals surface area contributed by atoms with Crippen molar-refractivity contribution in [2.24, 2.45) is 11.3 Å². The van der Waals surface area contributed by atoms with Gasteiger partial charge in [0.15, 0.2) is 0 Å². The molecule has 2 fully saturated rings. The zero-order chi connectivity index (χ0) is 26.2. The second-order valence-electron chi connectivity index (χ2n) is 12.1. The quantitative estimate of drug-likeness (QED) is 0.568. The number of hydrogen-bond acceptors (Lipinski definition) is 5. The molecule has 6 nitrogen and oxygen atoms in total. The SMILES string of the molecule is CN1CCC(CC(=O)N2CCC3(CCCCc4ccccc4OCCN(Cc4ccncc4)C3)CC2)CC1. The molecule has 0 bridgehead atoms. The summed E-state index contributed by atoms with van der Waals surface area (Å²) < 4.78 is 6.32. The number of aromatic nitrogens is 1. The number of hydrogen-bond donors (Lipinski definition) is 0. The summed E-state index contributed by atoms with van der Waals surface area (Å²) >= 11 is 0. The van der Waals surface area contributed by atoms with E-state index in [1.807, 2.05) is 12.4 Å². The van der Waals surface area contributed by atoms with E-state index in [1.165, 1.54) is 30.4 Å². The van der Waals surface area contributed by atoms with Crippen LogP contribution in [0.5, 0.6) is 5.75 Å². The van der Waals surface area contributed by atoms with Crippen molar-refractivity contribution in [3.63, 3.8) is 0 Å². The smallest absolute Gasteiger partial charge is 0.222 e. The van der Waals surface area contributed by atoms with Crippen LogP contribution in [0.3, 0.4) is 0 Å². The number of piperidine rings is 2. The van der Waals surface area contributed by atoms with Crippen LogP contribution in [0.2, 0.25) is 0 Å². The van der Waals surface area contributed by atoms with Crippen molar-refractivity contribution in [2.45, 2.75) is 64.3 Å². The predicted molar refractivity (Wildman–Crippen MR) is 152 cm³/mol. The standard InChI is InChI=1S/C32H46N4O2/c1-34-18-11-27(12-19-34)24-31(37)36-20-14-32(15-21-36)13-5-4-7-29-6-2-3-8-30(29)38-23-22-35(26-32)25-28-9-16-33-17-10-28/h2-3,6,8-10,16-17,27H,4-5,7,11-15,18-26H2,1H3. The van der Waals surface area contributed by atoms with Crippen LogP contribution >= 0.6 is 0 Å². The van der Waals surface area contributed by atoms with Gasteiger partial charge in [-0.2, -0.15) is 0 Å². The van der Waals surface area contributed by atoms with E-state index >= 15 is 0 Å². The molecule has 0 unspecified atom stereocenters. The van der Waals surface area contributed by atoms with Gasteiger partial charge >= 0.3 is 0 Å². The highest BCUT2D eigenvalue weighted by molar-refractivity contribution is 5.76. The summed E-state index contributed by atoms with van der Waals surface area (Å²) in [5, 5.41) is 0. The Morgan fingerprint density at radius 3 is 2.53 bits per heavy atom. The molecule has 0 saturated carbocycles.